The van der Waals surface area contributed by atoms with Crippen molar-refractivity contribution in [3.63, 3.8) is 0 Å². The van der Waals surface area contributed by atoms with E-state index >= 15 is 0 Å². The van der Waals surface area contributed by atoms with Crippen molar-refractivity contribution in [1.29, 1.82) is 0 Å². The Labute approximate surface area is 152 Å². The average Bonchev–Trinajstić information content (AvgIpc) is 2.67. The normalized spacial score (nSPS) is 10.3. The van der Waals surface area contributed by atoms with Gasteiger partial charge in [-0.05, 0) is 24.6 Å². The minimum Gasteiger partial charge on any atom is -0.497 e. The zero-order valence-corrected chi connectivity index (χ0v) is 15.0. The molecule has 0 fully saturated rings. The highest BCUT2D eigenvalue weighted by molar-refractivity contribution is 5.65. The maximum atomic E-state index is 5.38. The van der Waals surface area contributed by atoms with Crippen LogP contribution in [0.25, 0.3) is 0 Å². The molecule has 3 rings (SSSR count). The molecule has 7 heteroatoms. The minimum atomic E-state index is 0.448. The molecule has 3 aromatic rings. The predicted octanol–water partition coefficient (Wildman–Crippen LogP) is 3.55. The molecule has 0 radical (unpaired) electrons. The van der Waals surface area contributed by atoms with E-state index in [-0.39, 0.29) is 0 Å². The summed E-state index contributed by atoms with van der Waals surface area (Å²) in [5.41, 5.74) is 3.13. The summed E-state index contributed by atoms with van der Waals surface area (Å²) < 4.78 is 10.6. The summed E-state index contributed by atoms with van der Waals surface area (Å²) >= 11 is 0. The first kappa shape index (κ1) is 17.5. The van der Waals surface area contributed by atoms with Crippen LogP contribution in [0.2, 0.25) is 0 Å². The van der Waals surface area contributed by atoms with Crippen molar-refractivity contribution in [1.82, 2.24) is 15.2 Å². The first-order valence-corrected chi connectivity index (χ1v) is 8.16. The molecule has 1 heterocycles. The number of nitrogens with zero attached hydrogens (tertiary/aromatic N) is 3. The Bertz CT molecular complexity index is 885. The third kappa shape index (κ3) is 4.38. The molecule has 7 nitrogen and oxygen atoms in total. The van der Waals surface area contributed by atoms with Gasteiger partial charge >= 0.3 is 0 Å². The largest absolute Gasteiger partial charge is 0.497 e. The third-order valence-electron chi connectivity index (χ3n) is 3.76. The lowest BCUT2D eigenvalue weighted by Crippen LogP contribution is -2.06. The van der Waals surface area contributed by atoms with Crippen molar-refractivity contribution in [3.8, 4) is 11.5 Å². The summed E-state index contributed by atoms with van der Waals surface area (Å²) in [7, 11) is 3.22. The Morgan fingerprint density at radius 1 is 1.04 bits per heavy atom. The molecular formula is C19H21N5O2. The Kier molecular flexibility index (Phi) is 5.48. The van der Waals surface area contributed by atoms with Crippen molar-refractivity contribution < 1.29 is 9.47 Å². The number of rotatable bonds is 7. The van der Waals surface area contributed by atoms with Crippen LogP contribution < -0.4 is 20.1 Å². The van der Waals surface area contributed by atoms with Gasteiger partial charge in [0, 0.05) is 12.6 Å². The molecule has 26 heavy (non-hydrogen) atoms. The van der Waals surface area contributed by atoms with Crippen LogP contribution in [0.1, 0.15) is 11.1 Å². The zero-order chi connectivity index (χ0) is 18.4. The second-order valence-corrected chi connectivity index (χ2v) is 5.70. The molecule has 0 saturated carbocycles. The van der Waals surface area contributed by atoms with E-state index in [4.69, 9.17) is 9.47 Å². The Morgan fingerprint density at radius 2 is 1.92 bits per heavy atom. The summed E-state index contributed by atoms with van der Waals surface area (Å²) in [6, 6.07) is 13.8. The molecule has 0 aliphatic carbocycles. The van der Waals surface area contributed by atoms with Crippen molar-refractivity contribution in [2.24, 2.45) is 0 Å². The molecule has 0 aliphatic heterocycles. The number of nitrogens with one attached hydrogen (secondary N) is 2. The van der Waals surface area contributed by atoms with Gasteiger partial charge in [0.25, 0.3) is 0 Å². The number of hydrogen-bond acceptors (Lipinski definition) is 7. The number of hydrogen-bond donors (Lipinski definition) is 2. The summed E-state index contributed by atoms with van der Waals surface area (Å²) in [6.07, 6.45) is 1.56. The van der Waals surface area contributed by atoms with Gasteiger partial charge in [-0.25, -0.2) is 0 Å². The summed E-state index contributed by atoms with van der Waals surface area (Å²) in [5.74, 6) is 2.38. The van der Waals surface area contributed by atoms with E-state index in [1.54, 1.807) is 26.5 Å². The van der Waals surface area contributed by atoms with Crippen LogP contribution in [-0.4, -0.2) is 29.4 Å². The first-order chi connectivity index (χ1) is 12.7. The van der Waals surface area contributed by atoms with E-state index < -0.39 is 0 Å². The minimum absolute atomic E-state index is 0.448. The Morgan fingerprint density at radius 3 is 2.69 bits per heavy atom. The van der Waals surface area contributed by atoms with Crippen LogP contribution in [-0.2, 0) is 6.54 Å². The third-order valence-corrected chi connectivity index (χ3v) is 3.76. The van der Waals surface area contributed by atoms with Gasteiger partial charge in [-0.2, -0.15) is 10.1 Å². The molecule has 2 aromatic carbocycles. The molecule has 134 valence electrons. The maximum Gasteiger partial charge on any atom is 0.244 e. The smallest absolute Gasteiger partial charge is 0.244 e. The van der Waals surface area contributed by atoms with Crippen LogP contribution in [0.5, 0.6) is 11.5 Å². The van der Waals surface area contributed by atoms with Crippen LogP contribution in [0.3, 0.4) is 0 Å². The van der Waals surface area contributed by atoms with E-state index in [0.29, 0.717) is 29.8 Å². The molecule has 2 N–H and O–H groups in total. The maximum absolute atomic E-state index is 5.38. The van der Waals surface area contributed by atoms with Crippen molar-refractivity contribution in [2.45, 2.75) is 13.5 Å². The van der Waals surface area contributed by atoms with E-state index in [9.17, 15) is 0 Å². The fourth-order valence-electron chi connectivity index (χ4n) is 2.48. The van der Waals surface area contributed by atoms with Crippen molar-refractivity contribution >= 4 is 17.5 Å². The number of anilines is 3. The van der Waals surface area contributed by atoms with Crippen molar-refractivity contribution in [3.05, 3.63) is 59.8 Å². The quantitative estimate of drug-likeness (QED) is 0.673. The van der Waals surface area contributed by atoms with Gasteiger partial charge < -0.3 is 20.1 Å². The lowest BCUT2D eigenvalue weighted by molar-refractivity contribution is 0.395. The van der Waals surface area contributed by atoms with E-state index in [1.165, 1.54) is 5.56 Å². The molecular weight excluding hydrogens is 330 g/mol. The molecule has 0 saturated heterocycles. The molecule has 1 aromatic heterocycles. The van der Waals surface area contributed by atoms with Gasteiger partial charge in [0.15, 0.2) is 5.82 Å². The van der Waals surface area contributed by atoms with Gasteiger partial charge in [-0.1, -0.05) is 29.8 Å². The van der Waals surface area contributed by atoms with Crippen LogP contribution in [0.4, 0.5) is 17.5 Å². The number of methoxy groups -OCH3 is 2. The molecule has 0 bridgehead atoms. The lowest BCUT2D eigenvalue weighted by Gasteiger charge is -2.12. The summed E-state index contributed by atoms with van der Waals surface area (Å²) in [6.45, 7) is 2.69. The van der Waals surface area contributed by atoms with Crippen molar-refractivity contribution in [2.75, 3.05) is 24.9 Å². The van der Waals surface area contributed by atoms with E-state index in [0.717, 1.165) is 11.3 Å². The molecule has 0 spiro atoms. The summed E-state index contributed by atoms with van der Waals surface area (Å²) in [5, 5.41) is 14.4. The highest BCUT2D eigenvalue weighted by Gasteiger charge is 2.07. The van der Waals surface area contributed by atoms with Gasteiger partial charge in [0.05, 0.1) is 26.1 Å². The number of aromatic nitrogens is 3. The second-order valence-electron chi connectivity index (χ2n) is 5.70. The fraction of sp³-hybridized carbons (Fsp3) is 0.211. The molecule has 0 unspecified atom stereocenters. The zero-order valence-electron chi connectivity index (χ0n) is 15.0. The first-order valence-electron chi connectivity index (χ1n) is 8.16. The van der Waals surface area contributed by atoms with Crippen LogP contribution in [0.15, 0.2) is 48.7 Å². The number of benzene rings is 2. The Balaban J connectivity index is 1.71. The van der Waals surface area contributed by atoms with Gasteiger partial charge in [-0.15, -0.1) is 5.10 Å². The predicted molar refractivity (Wildman–Crippen MR) is 101 cm³/mol. The fourth-order valence-corrected chi connectivity index (χ4v) is 2.48. The van der Waals surface area contributed by atoms with Crippen LogP contribution in [0, 0.1) is 6.92 Å². The summed E-state index contributed by atoms with van der Waals surface area (Å²) in [4.78, 5) is 4.44. The van der Waals surface area contributed by atoms with Crippen LogP contribution >= 0.6 is 0 Å². The monoisotopic (exact) mass is 351 g/mol. The van der Waals surface area contributed by atoms with E-state index in [2.05, 4.69) is 50.9 Å². The lowest BCUT2D eigenvalue weighted by atomic mass is 10.1. The number of aryl methyl sites for hydroxylation is 1. The van der Waals surface area contributed by atoms with Gasteiger partial charge in [0.2, 0.25) is 5.95 Å². The topological polar surface area (TPSA) is 81.2 Å². The molecule has 0 amide bonds. The Hall–Kier alpha value is -3.35. The molecule has 0 aliphatic rings. The van der Waals surface area contributed by atoms with Gasteiger partial charge in [-0.3, -0.25) is 0 Å². The van der Waals surface area contributed by atoms with Gasteiger partial charge in [0.1, 0.15) is 11.5 Å². The highest BCUT2D eigenvalue weighted by atomic mass is 16.5. The SMILES string of the molecule is COc1ccc(Nc2cnnc(NCc3cccc(C)c3)n2)c(OC)c1. The molecule has 0 atom stereocenters. The second kappa shape index (κ2) is 8.15. The standard InChI is InChI=1S/C19H21N5O2/c1-13-5-4-6-14(9-13)11-20-19-23-18(12-21-24-19)22-16-8-7-15(25-2)10-17(16)26-3/h4-10,12H,11H2,1-3H3,(H2,20,22,23,24). The van der Waals surface area contributed by atoms with E-state index in [1.807, 2.05) is 18.2 Å². The number of ether oxygens (including phenoxy) is 2. The average molecular weight is 351 g/mol. The highest BCUT2D eigenvalue weighted by Crippen LogP contribution is 2.30.